The number of fused-ring (bicyclic) bond motifs is 1. The molecule has 100 valence electrons. The molecular formula is C14H10ClN3O2. The molecule has 0 atom stereocenters. The third-order valence-corrected chi connectivity index (χ3v) is 3.24. The van der Waals surface area contributed by atoms with E-state index >= 15 is 0 Å². The number of aromatic carboxylic acids is 1. The van der Waals surface area contributed by atoms with Crippen molar-refractivity contribution in [2.45, 2.75) is 0 Å². The molecule has 0 radical (unpaired) electrons. The number of carboxylic acids is 1. The molecule has 6 heteroatoms. The van der Waals surface area contributed by atoms with Gasteiger partial charge in [0.2, 0.25) is 0 Å². The van der Waals surface area contributed by atoms with Gasteiger partial charge in [-0.15, -0.1) is 0 Å². The highest BCUT2D eigenvalue weighted by molar-refractivity contribution is 6.31. The Morgan fingerprint density at radius 3 is 2.80 bits per heavy atom. The maximum atomic E-state index is 11.4. The van der Waals surface area contributed by atoms with E-state index in [0.29, 0.717) is 21.6 Å². The minimum Gasteiger partial charge on any atom is -0.478 e. The Hall–Kier alpha value is -2.40. The van der Waals surface area contributed by atoms with Gasteiger partial charge in [0.05, 0.1) is 23.0 Å². The van der Waals surface area contributed by atoms with Gasteiger partial charge in [0.1, 0.15) is 0 Å². The minimum absolute atomic E-state index is 0.177. The fraction of sp³-hybridized carbons (Fsp3) is 0.0714. The number of nitrogens with zero attached hydrogens (tertiary/aromatic N) is 3. The van der Waals surface area contributed by atoms with Crippen LogP contribution in [0.3, 0.4) is 0 Å². The fourth-order valence-corrected chi connectivity index (χ4v) is 2.25. The van der Waals surface area contributed by atoms with Crippen LogP contribution in [0.2, 0.25) is 5.02 Å². The Balaban J connectivity index is 2.31. The first-order chi connectivity index (χ1) is 9.54. The Bertz CT molecular complexity index is 826. The van der Waals surface area contributed by atoms with E-state index in [1.807, 2.05) is 0 Å². The molecule has 1 aromatic carbocycles. The molecule has 0 amide bonds. The maximum Gasteiger partial charge on any atom is 0.336 e. The van der Waals surface area contributed by atoms with Crippen LogP contribution in [-0.2, 0) is 7.05 Å². The number of halogens is 1. The predicted octanol–water partition coefficient (Wildman–Crippen LogP) is 2.99. The van der Waals surface area contributed by atoms with E-state index in [-0.39, 0.29) is 5.56 Å². The highest BCUT2D eigenvalue weighted by Crippen LogP contribution is 2.26. The van der Waals surface area contributed by atoms with Crippen LogP contribution in [-0.4, -0.2) is 25.8 Å². The van der Waals surface area contributed by atoms with Gasteiger partial charge in [-0.2, -0.15) is 5.10 Å². The van der Waals surface area contributed by atoms with Gasteiger partial charge < -0.3 is 5.11 Å². The summed E-state index contributed by atoms with van der Waals surface area (Å²) in [4.78, 5) is 15.9. The number of hydrogen-bond acceptors (Lipinski definition) is 3. The van der Waals surface area contributed by atoms with E-state index in [9.17, 15) is 9.90 Å². The maximum absolute atomic E-state index is 11.4. The molecule has 3 rings (SSSR count). The number of aryl methyl sites for hydroxylation is 1. The zero-order chi connectivity index (χ0) is 14.3. The van der Waals surface area contributed by atoms with Crippen LogP contribution in [0, 0.1) is 0 Å². The van der Waals surface area contributed by atoms with Crippen molar-refractivity contribution in [1.29, 1.82) is 0 Å². The predicted molar refractivity (Wildman–Crippen MR) is 75.9 cm³/mol. The van der Waals surface area contributed by atoms with Crippen LogP contribution in [0.15, 0.2) is 36.7 Å². The third kappa shape index (κ3) is 2.12. The van der Waals surface area contributed by atoms with E-state index in [4.69, 9.17) is 11.6 Å². The number of benzene rings is 1. The molecule has 0 saturated heterocycles. The summed E-state index contributed by atoms with van der Waals surface area (Å²) in [5.41, 5.74) is 2.11. The number of hydrogen-bond donors (Lipinski definition) is 1. The first-order valence-corrected chi connectivity index (χ1v) is 6.25. The molecule has 20 heavy (non-hydrogen) atoms. The van der Waals surface area contributed by atoms with Crippen LogP contribution < -0.4 is 0 Å². The summed E-state index contributed by atoms with van der Waals surface area (Å²) in [5, 5.41) is 14.4. The van der Waals surface area contributed by atoms with Gasteiger partial charge >= 0.3 is 5.97 Å². The van der Waals surface area contributed by atoms with E-state index in [0.717, 1.165) is 5.56 Å². The highest BCUT2D eigenvalue weighted by Gasteiger charge is 2.14. The molecule has 0 aliphatic heterocycles. The van der Waals surface area contributed by atoms with E-state index in [1.165, 1.54) is 6.07 Å². The number of aromatic nitrogens is 3. The second kappa shape index (κ2) is 4.61. The molecule has 2 aromatic heterocycles. The van der Waals surface area contributed by atoms with Gasteiger partial charge in [-0.1, -0.05) is 11.6 Å². The second-order valence-electron chi connectivity index (χ2n) is 4.42. The average molecular weight is 288 g/mol. The Kier molecular flexibility index (Phi) is 2.91. The summed E-state index contributed by atoms with van der Waals surface area (Å²) in [7, 11) is 1.79. The average Bonchev–Trinajstić information content (AvgIpc) is 2.84. The lowest BCUT2D eigenvalue weighted by molar-refractivity contribution is 0.0699. The van der Waals surface area contributed by atoms with Crippen molar-refractivity contribution in [1.82, 2.24) is 14.8 Å². The molecule has 2 heterocycles. The molecule has 0 unspecified atom stereocenters. The van der Waals surface area contributed by atoms with Crippen LogP contribution in [0.4, 0.5) is 0 Å². The first-order valence-electron chi connectivity index (χ1n) is 5.87. The zero-order valence-electron chi connectivity index (χ0n) is 10.5. The third-order valence-electron chi connectivity index (χ3n) is 3.00. The van der Waals surface area contributed by atoms with Gasteiger partial charge in [-0.25, -0.2) is 9.78 Å². The lowest BCUT2D eigenvalue weighted by Crippen LogP contribution is -2.00. The van der Waals surface area contributed by atoms with Gasteiger partial charge in [-0.3, -0.25) is 4.68 Å². The zero-order valence-corrected chi connectivity index (χ0v) is 11.3. The van der Waals surface area contributed by atoms with Crippen LogP contribution in [0.25, 0.3) is 22.2 Å². The summed E-state index contributed by atoms with van der Waals surface area (Å²) < 4.78 is 1.64. The SMILES string of the molecule is Cn1cc(-c2cc(C(=O)O)c3cc(Cl)ccc3n2)cn1. The standard InChI is InChI=1S/C14H10ClN3O2/c1-18-7-8(6-16-18)13-5-11(14(19)20)10-4-9(15)2-3-12(10)17-13/h2-7H,1H3,(H,19,20). The van der Waals surface area contributed by atoms with E-state index in [2.05, 4.69) is 10.1 Å². The topological polar surface area (TPSA) is 68.0 Å². The van der Waals surface area contributed by atoms with Crippen molar-refractivity contribution >= 4 is 28.5 Å². The van der Waals surface area contributed by atoms with Crippen molar-refractivity contribution in [2.24, 2.45) is 7.05 Å². The molecule has 1 N–H and O–H groups in total. The van der Waals surface area contributed by atoms with Crippen molar-refractivity contribution in [2.75, 3.05) is 0 Å². The molecule has 0 aliphatic carbocycles. The lowest BCUT2D eigenvalue weighted by Gasteiger charge is -2.06. The molecule has 0 bridgehead atoms. The van der Waals surface area contributed by atoms with Gasteiger partial charge in [0.15, 0.2) is 0 Å². The van der Waals surface area contributed by atoms with Crippen molar-refractivity contribution in [3.63, 3.8) is 0 Å². The molecule has 0 fully saturated rings. The molecule has 0 aliphatic rings. The molecule has 0 spiro atoms. The Labute approximate surface area is 119 Å². The van der Waals surface area contributed by atoms with Crippen molar-refractivity contribution in [3.8, 4) is 11.3 Å². The van der Waals surface area contributed by atoms with Gasteiger partial charge in [-0.05, 0) is 24.3 Å². The highest BCUT2D eigenvalue weighted by atomic mass is 35.5. The first kappa shape index (κ1) is 12.6. The normalized spacial score (nSPS) is 10.9. The summed E-state index contributed by atoms with van der Waals surface area (Å²) >= 11 is 5.92. The molecule has 0 saturated carbocycles. The largest absolute Gasteiger partial charge is 0.478 e. The molecule has 3 aromatic rings. The van der Waals surface area contributed by atoms with Crippen molar-refractivity contribution in [3.05, 3.63) is 47.2 Å². The summed E-state index contributed by atoms with van der Waals surface area (Å²) in [6.45, 7) is 0. The van der Waals surface area contributed by atoms with Crippen molar-refractivity contribution < 1.29 is 9.90 Å². The summed E-state index contributed by atoms with van der Waals surface area (Å²) in [6, 6.07) is 6.55. The number of rotatable bonds is 2. The monoisotopic (exact) mass is 287 g/mol. The second-order valence-corrected chi connectivity index (χ2v) is 4.86. The molecular weight excluding hydrogens is 278 g/mol. The smallest absolute Gasteiger partial charge is 0.336 e. The number of pyridine rings is 1. The van der Waals surface area contributed by atoms with E-state index in [1.54, 1.807) is 42.3 Å². The van der Waals surface area contributed by atoms with E-state index < -0.39 is 5.97 Å². The molecule has 5 nitrogen and oxygen atoms in total. The fourth-order valence-electron chi connectivity index (χ4n) is 2.08. The minimum atomic E-state index is -1.01. The van der Waals surface area contributed by atoms with Crippen LogP contribution >= 0.6 is 11.6 Å². The van der Waals surface area contributed by atoms with Gasteiger partial charge in [0.25, 0.3) is 0 Å². The lowest BCUT2D eigenvalue weighted by atomic mass is 10.1. The Morgan fingerprint density at radius 1 is 1.35 bits per heavy atom. The Morgan fingerprint density at radius 2 is 2.15 bits per heavy atom. The summed E-state index contributed by atoms with van der Waals surface area (Å²) in [6.07, 6.45) is 3.44. The summed E-state index contributed by atoms with van der Waals surface area (Å²) in [5.74, 6) is -1.01. The van der Waals surface area contributed by atoms with Gasteiger partial charge in [0, 0.05) is 29.2 Å². The number of carboxylic acid groups (broad SMARTS) is 1. The number of carbonyl (C=O) groups is 1. The quantitative estimate of drug-likeness (QED) is 0.787. The van der Waals surface area contributed by atoms with Crippen LogP contribution in [0.1, 0.15) is 10.4 Å². The van der Waals surface area contributed by atoms with Crippen LogP contribution in [0.5, 0.6) is 0 Å².